The number of halogens is 2. The van der Waals surface area contributed by atoms with Gasteiger partial charge in [0.05, 0.1) is 15.6 Å². The molecule has 44 heavy (non-hydrogen) atoms. The van der Waals surface area contributed by atoms with Gasteiger partial charge in [0.1, 0.15) is 12.6 Å². The molecule has 0 saturated carbocycles. The molecule has 4 aromatic carbocycles. The van der Waals surface area contributed by atoms with E-state index in [1.807, 2.05) is 68.4 Å². The van der Waals surface area contributed by atoms with Crippen molar-refractivity contribution in [2.75, 3.05) is 17.4 Å². The maximum absolute atomic E-state index is 14.5. The van der Waals surface area contributed by atoms with Gasteiger partial charge in [0.25, 0.3) is 10.0 Å². The van der Waals surface area contributed by atoms with E-state index in [4.69, 9.17) is 11.6 Å². The Morgan fingerprint density at radius 1 is 0.841 bits per heavy atom. The molecule has 0 bridgehead atoms. The molecule has 0 aliphatic rings. The quantitative estimate of drug-likeness (QED) is 0.168. The number of nitrogens with one attached hydrogen (secondary N) is 1. The Morgan fingerprint density at radius 2 is 1.45 bits per heavy atom. The second kappa shape index (κ2) is 15.4. The summed E-state index contributed by atoms with van der Waals surface area (Å²) in [6, 6.07) is 30.4. The predicted octanol–water partition coefficient (Wildman–Crippen LogP) is 6.71. The highest BCUT2D eigenvalue weighted by Crippen LogP contribution is 2.31. The number of nitrogens with zero attached hydrogens (tertiary/aromatic N) is 2. The number of para-hydroxylation sites is 1. The maximum atomic E-state index is 14.5. The molecule has 0 unspecified atom stereocenters. The number of sulfonamides is 1. The highest BCUT2D eigenvalue weighted by atomic mass is 79.9. The van der Waals surface area contributed by atoms with Gasteiger partial charge in [-0.3, -0.25) is 13.9 Å². The van der Waals surface area contributed by atoms with Gasteiger partial charge in [0.15, 0.2) is 0 Å². The first-order chi connectivity index (χ1) is 21.1. The number of carbonyl (C=O) groups is 2. The first-order valence-corrected chi connectivity index (χ1v) is 16.8. The van der Waals surface area contributed by atoms with Gasteiger partial charge >= 0.3 is 0 Å². The van der Waals surface area contributed by atoms with Crippen LogP contribution in [0.1, 0.15) is 25.0 Å². The van der Waals surface area contributed by atoms with Crippen molar-refractivity contribution in [2.45, 2.75) is 37.8 Å². The van der Waals surface area contributed by atoms with Gasteiger partial charge in [-0.25, -0.2) is 8.42 Å². The minimum Gasteiger partial charge on any atom is -0.354 e. The smallest absolute Gasteiger partial charge is 0.264 e. The number of benzene rings is 4. The van der Waals surface area contributed by atoms with Crippen LogP contribution in [0.3, 0.4) is 0 Å². The normalized spacial score (nSPS) is 12.0. The summed E-state index contributed by atoms with van der Waals surface area (Å²) in [6.07, 6.45) is 0.238. The molecule has 230 valence electrons. The van der Waals surface area contributed by atoms with Crippen LogP contribution in [-0.2, 0) is 32.6 Å². The molecule has 1 atom stereocenters. The number of rotatable bonds is 13. The van der Waals surface area contributed by atoms with E-state index < -0.39 is 28.5 Å². The molecular formula is C34H35BrClN3O4S. The Bertz CT molecular complexity index is 1670. The first kappa shape index (κ1) is 33.2. The molecule has 10 heteroatoms. The highest BCUT2D eigenvalue weighted by molar-refractivity contribution is 9.10. The number of carbonyl (C=O) groups excluding carboxylic acids is 2. The molecule has 0 fully saturated rings. The van der Waals surface area contributed by atoms with E-state index in [1.54, 1.807) is 42.5 Å². The Balaban J connectivity index is 1.80. The fraction of sp³-hybridized carbons (Fsp3) is 0.235. The lowest BCUT2D eigenvalue weighted by atomic mass is 10.0. The van der Waals surface area contributed by atoms with Gasteiger partial charge in [0.2, 0.25) is 11.8 Å². The molecule has 1 N–H and O–H groups in total. The van der Waals surface area contributed by atoms with Crippen LogP contribution in [0, 0.1) is 5.92 Å². The fourth-order valence-electron chi connectivity index (χ4n) is 4.70. The summed E-state index contributed by atoms with van der Waals surface area (Å²) in [7, 11) is -4.22. The zero-order valence-electron chi connectivity index (χ0n) is 24.6. The summed E-state index contributed by atoms with van der Waals surface area (Å²) in [6.45, 7) is 3.92. The van der Waals surface area contributed by atoms with Crippen LogP contribution < -0.4 is 9.62 Å². The first-order valence-electron chi connectivity index (χ1n) is 14.2. The molecule has 4 rings (SSSR count). The zero-order valence-corrected chi connectivity index (χ0v) is 27.7. The minimum atomic E-state index is -4.22. The third-order valence-corrected chi connectivity index (χ3v) is 9.52. The summed E-state index contributed by atoms with van der Waals surface area (Å²) in [4.78, 5) is 29.8. The number of anilines is 1. The van der Waals surface area contributed by atoms with Crippen LogP contribution in [0.25, 0.3) is 0 Å². The number of hydrogen-bond acceptors (Lipinski definition) is 4. The standard InChI is InChI=1S/C34H35BrClN3O4S/c1-25(2)22-37-34(41)32(21-26-12-5-3-6-13-26)38(23-27-14-11-15-28(35)20-27)33(40)24-39(31-19-10-9-18-30(31)36)44(42,43)29-16-7-4-8-17-29/h3-20,25,32H,21-24H2,1-2H3,(H,37,41)/t32-/m0/s1. The summed E-state index contributed by atoms with van der Waals surface area (Å²) in [5, 5.41) is 3.16. The lowest BCUT2D eigenvalue weighted by Crippen LogP contribution is -2.53. The van der Waals surface area contributed by atoms with E-state index in [0.29, 0.717) is 6.54 Å². The van der Waals surface area contributed by atoms with Crippen LogP contribution in [-0.4, -0.2) is 44.3 Å². The van der Waals surface area contributed by atoms with E-state index in [1.165, 1.54) is 17.0 Å². The molecule has 0 aliphatic heterocycles. The molecule has 0 spiro atoms. The second-order valence-electron chi connectivity index (χ2n) is 10.8. The molecule has 0 aromatic heterocycles. The summed E-state index contributed by atoms with van der Waals surface area (Å²) >= 11 is 10.0. The Morgan fingerprint density at radius 3 is 2.09 bits per heavy atom. The van der Waals surface area contributed by atoms with Crippen molar-refractivity contribution in [2.24, 2.45) is 5.92 Å². The van der Waals surface area contributed by atoms with Crippen molar-refractivity contribution < 1.29 is 18.0 Å². The average Bonchev–Trinajstić information content (AvgIpc) is 3.01. The predicted molar refractivity (Wildman–Crippen MR) is 179 cm³/mol. The molecule has 7 nitrogen and oxygen atoms in total. The van der Waals surface area contributed by atoms with Gasteiger partial charge in [0, 0.05) is 24.0 Å². The van der Waals surface area contributed by atoms with Gasteiger partial charge in [-0.15, -0.1) is 0 Å². The largest absolute Gasteiger partial charge is 0.354 e. The van der Waals surface area contributed by atoms with E-state index in [0.717, 1.165) is 19.9 Å². The van der Waals surface area contributed by atoms with E-state index in [-0.39, 0.29) is 40.4 Å². The van der Waals surface area contributed by atoms with Gasteiger partial charge < -0.3 is 10.2 Å². The van der Waals surface area contributed by atoms with Crippen LogP contribution in [0.2, 0.25) is 5.02 Å². The van der Waals surface area contributed by atoms with Crippen molar-refractivity contribution in [1.82, 2.24) is 10.2 Å². The summed E-state index contributed by atoms with van der Waals surface area (Å²) in [5.74, 6) is -0.677. The van der Waals surface area contributed by atoms with Crippen LogP contribution in [0.4, 0.5) is 5.69 Å². The third kappa shape index (κ3) is 8.71. The molecule has 4 aromatic rings. The fourth-order valence-corrected chi connectivity index (χ4v) is 6.88. The summed E-state index contributed by atoms with van der Waals surface area (Å²) in [5.41, 5.74) is 1.81. The van der Waals surface area contributed by atoms with Crippen LogP contribution in [0.5, 0.6) is 0 Å². The van der Waals surface area contributed by atoms with Gasteiger partial charge in [-0.05, 0) is 53.4 Å². The zero-order chi connectivity index (χ0) is 31.7. The molecule has 0 saturated heterocycles. The Labute approximate surface area is 273 Å². The number of amides is 2. The Kier molecular flexibility index (Phi) is 11.6. The van der Waals surface area contributed by atoms with Crippen molar-refractivity contribution in [3.05, 3.63) is 130 Å². The molecule has 0 heterocycles. The Hall–Kier alpha value is -3.66. The van der Waals surface area contributed by atoms with Crippen molar-refractivity contribution in [1.29, 1.82) is 0 Å². The minimum absolute atomic E-state index is 0.0155. The molecule has 2 amide bonds. The topological polar surface area (TPSA) is 86.8 Å². The van der Waals surface area contributed by atoms with Crippen LogP contribution in [0.15, 0.2) is 119 Å². The molecule has 0 radical (unpaired) electrons. The van der Waals surface area contributed by atoms with Crippen molar-refractivity contribution >= 4 is 55.1 Å². The highest BCUT2D eigenvalue weighted by Gasteiger charge is 2.35. The lowest BCUT2D eigenvalue weighted by molar-refractivity contribution is -0.140. The summed E-state index contributed by atoms with van der Waals surface area (Å²) < 4.78 is 29.9. The second-order valence-corrected chi connectivity index (χ2v) is 14.0. The van der Waals surface area contributed by atoms with Crippen molar-refractivity contribution in [3.63, 3.8) is 0 Å². The average molecular weight is 697 g/mol. The molecule has 0 aliphatic carbocycles. The van der Waals surface area contributed by atoms with Crippen molar-refractivity contribution in [3.8, 4) is 0 Å². The van der Waals surface area contributed by atoms with E-state index >= 15 is 0 Å². The van der Waals surface area contributed by atoms with Crippen LogP contribution >= 0.6 is 27.5 Å². The van der Waals surface area contributed by atoms with Gasteiger partial charge in [-0.1, -0.05) is 114 Å². The SMILES string of the molecule is CC(C)CNC(=O)[C@H](Cc1ccccc1)N(Cc1cccc(Br)c1)C(=O)CN(c1ccccc1Cl)S(=O)(=O)c1ccccc1. The van der Waals surface area contributed by atoms with E-state index in [9.17, 15) is 18.0 Å². The molecular weight excluding hydrogens is 662 g/mol. The lowest BCUT2D eigenvalue weighted by Gasteiger charge is -2.34. The third-order valence-electron chi connectivity index (χ3n) is 6.93. The number of hydrogen-bond donors (Lipinski definition) is 1. The maximum Gasteiger partial charge on any atom is 0.264 e. The van der Waals surface area contributed by atoms with Gasteiger partial charge in [-0.2, -0.15) is 0 Å². The van der Waals surface area contributed by atoms with E-state index in [2.05, 4.69) is 21.2 Å². The monoisotopic (exact) mass is 695 g/mol.